The fourth-order valence-corrected chi connectivity index (χ4v) is 5.03. The molecule has 0 saturated heterocycles. The molecule has 20 heavy (non-hydrogen) atoms. The first kappa shape index (κ1) is 15.1. The van der Waals surface area contributed by atoms with Gasteiger partial charge < -0.3 is 5.11 Å². The van der Waals surface area contributed by atoms with Crippen LogP contribution in [0, 0.1) is 13.8 Å². The van der Waals surface area contributed by atoms with Gasteiger partial charge in [0.15, 0.2) is 0 Å². The zero-order chi connectivity index (χ0) is 15.3. The Labute approximate surface area is 123 Å². The number of benzene rings is 2. The van der Waals surface area contributed by atoms with E-state index in [1.165, 1.54) is 10.8 Å². The smallest absolute Gasteiger partial charge is 0.126 e. The third-order valence-electron chi connectivity index (χ3n) is 5.07. The minimum absolute atomic E-state index is 0.266. The topological polar surface area (TPSA) is 20.2 Å². The summed E-state index contributed by atoms with van der Waals surface area (Å²) >= 11 is 0. The first-order chi connectivity index (χ1) is 9.05. The zero-order valence-electron chi connectivity index (χ0n) is 13.8. The average molecular weight is 286 g/mol. The van der Waals surface area contributed by atoms with Crippen molar-refractivity contribution in [2.24, 2.45) is 0 Å². The molecule has 0 saturated carbocycles. The average Bonchev–Trinajstić information content (AvgIpc) is 2.32. The predicted molar refractivity (Wildman–Crippen MR) is 91.9 cm³/mol. The van der Waals surface area contributed by atoms with Gasteiger partial charge in [-0.05, 0) is 35.9 Å². The Balaban J connectivity index is 2.80. The molecule has 2 aromatic carbocycles. The van der Waals surface area contributed by atoms with E-state index in [4.69, 9.17) is 0 Å². The van der Waals surface area contributed by atoms with Crippen molar-refractivity contribution in [1.29, 1.82) is 0 Å². The van der Waals surface area contributed by atoms with Crippen molar-refractivity contribution in [2.45, 2.75) is 52.8 Å². The number of hydrogen-bond acceptors (Lipinski definition) is 1. The second-order valence-corrected chi connectivity index (χ2v) is 12.8. The number of phenolic OH excluding ortho intramolecular Hbond substituents is 1. The van der Waals surface area contributed by atoms with E-state index in [9.17, 15) is 5.11 Å². The maximum Gasteiger partial charge on any atom is 0.126 e. The molecular formula is C18H26OSi. The number of fused-ring (bicyclic) bond motifs is 1. The summed E-state index contributed by atoms with van der Waals surface area (Å²) in [7, 11) is -1.65. The minimum Gasteiger partial charge on any atom is -0.507 e. The van der Waals surface area contributed by atoms with Gasteiger partial charge in [0.2, 0.25) is 0 Å². The van der Waals surface area contributed by atoms with Gasteiger partial charge in [-0.15, -0.1) is 0 Å². The molecule has 2 rings (SSSR count). The fraction of sp³-hybridized carbons (Fsp3) is 0.444. The molecule has 1 N–H and O–H groups in total. The third-order valence-corrected chi connectivity index (χ3v) is 10.7. The molecule has 0 aromatic heterocycles. The standard InChI is InChI=1S/C18H26OSi/c1-12-8-9-14-11-16(20(6,7)18(3,4)5)13(2)17(19)15(14)10-12/h8-11,19H,1-7H3. The molecule has 2 aromatic rings. The molecule has 2 heteroatoms. The Hall–Kier alpha value is -1.28. The fourth-order valence-electron chi connectivity index (χ4n) is 2.65. The van der Waals surface area contributed by atoms with E-state index in [1.54, 1.807) is 0 Å². The van der Waals surface area contributed by atoms with Crippen LogP contribution in [0.2, 0.25) is 18.1 Å². The van der Waals surface area contributed by atoms with Gasteiger partial charge in [0.05, 0.1) is 8.07 Å². The third kappa shape index (κ3) is 2.26. The highest BCUT2D eigenvalue weighted by molar-refractivity contribution is 6.92. The van der Waals surface area contributed by atoms with Gasteiger partial charge in [-0.1, -0.05) is 62.8 Å². The van der Waals surface area contributed by atoms with Gasteiger partial charge in [-0.25, -0.2) is 0 Å². The highest BCUT2D eigenvalue weighted by Crippen LogP contribution is 2.38. The van der Waals surface area contributed by atoms with E-state index in [2.05, 4.69) is 72.0 Å². The molecule has 0 atom stereocenters. The van der Waals surface area contributed by atoms with Crippen LogP contribution in [-0.2, 0) is 0 Å². The van der Waals surface area contributed by atoms with Crippen LogP contribution in [0.3, 0.4) is 0 Å². The van der Waals surface area contributed by atoms with E-state index < -0.39 is 8.07 Å². The Morgan fingerprint density at radius 3 is 2.15 bits per heavy atom. The summed E-state index contributed by atoms with van der Waals surface area (Å²) in [5.74, 6) is 0.464. The van der Waals surface area contributed by atoms with E-state index in [0.717, 1.165) is 16.3 Å². The summed E-state index contributed by atoms with van der Waals surface area (Å²) < 4.78 is 0. The first-order valence-corrected chi connectivity index (χ1v) is 10.3. The molecule has 0 aliphatic carbocycles. The Morgan fingerprint density at radius 1 is 1.00 bits per heavy atom. The molecule has 0 heterocycles. The highest BCUT2D eigenvalue weighted by Gasteiger charge is 2.38. The number of rotatable bonds is 1. The lowest BCUT2D eigenvalue weighted by Gasteiger charge is -2.38. The largest absolute Gasteiger partial charge is 0.507 e. The van der Waals surface area contributed by atoms with Crippen LogP contribution in [0.15, 0.2) is 24.3 Å². The predicted octanol–water partition coefficient (Wildman–Crippen LogP) is 4.88. The molecule has 0 spiro atoms. The number of hydrogen-bond donors (Lipinski definition) is 1. The van der Waals surface area contributed by atoms with Gasteiger partial charge in [0.1, 0.15) is 5.75 Å². The van der Waals surface area contributed by atoms with Crippen LogP contribution in [0.5, 0.6) is 5.75 Å². The van der Waals surface area contributed by atoms with E-state index in [1.807, 2.05) is 0 Å². The summed E-state index contributed by atoms with van der Waals surface area (Å²) in [6.45, 7) is 15.9. The lowest BCUT2D eigenvalue weighted by Crippen LogP contribution is -2.50. The second kappa shape index (κ2) is 4.63. The number of aromatic hydroxyl groups is 1. The van der Waals surface area contributed by atoms with Crippen LogP contribution in [0.1, 0.15) is 31.9 Å². The lowest BCUT2D eigenvalue weighted by molar-refractivity contribution is 0.478. The molecule has 1 nitrogen and oxygen atoms in total. The summed E-state index contributed by atoms with van der Waals surface area (Å²) in [6, 6.07) is 8.63. The van der Waals surface area contributed by atoms with Gasteiger partial charge in [0.25, 0.3) is 0 Å². The van der Waals surface area contributed by atoms with Gasteiger partial charge >= 0.3 is 0 Å². The van der Waals surface area contributed by atoms with E-state index in [-0.39, 0.29) is 5.04 Å². The van der Waals surface area contributed by atoms with Crippen molar-refractivity contribution in [2.75, 3.05) is 0 Å². The van der Waals surface area contributed by atoms with Crippen molar-refractivity contribution in [3.05, 3.63) is 35.4 Å². The van der Waals surface area contributed by atoms with Crippen LogP contribution in [-0.4, -0.2) is 13.2 Å². The first-order valence-electron chi connectivity index (χ1n) is 7.29. The Kier molecular flexibility index (Phi) is 3.50. The molecule has 0 aliphatic rings. The van der Waals surface area contributed by atoms with Crippen LogP contribution in [0.25, 0.3) is 10.8 Å². The van der Waals surface area contributed by atoms with Gasteiger partial charge in [0, 0.05) is 5.39 Å². The highest BCUT2D eigenvalue weighted by atomic mass is 28.3. The Bertz CT molecular complexity index is 663. The summed E-state index contributed by atoms with van der Waals surface area (Å²) in [5, 5.41) is 14.4. The van der Waals surface area contributed by atoms with Crippen molar-refractivity contribution >= 4 is 24.0 Å². The molecule has 0 radical (unpaired) electrons. The van der Waals surface area contributed by atoms with Crippen molar-refractivity contribution in [3.8, 4) is 5.75 Å². The van der Waals surface area contributed by atoms with Crippen molar-refractivity contribution < 1.29 is 5.11 Å². The Morgan fingerprint density at radius 2 is 1.60 bits per heavy atom. The van der Waals surface area contributed by atoms with Crippen molar-refractivity contribution in [1.82, 2.24) is 0 Å². The maximum atomic E-state index is 10.6. The molecule has 0 bridgehead atoms. The van der Waals surface area contributed by atoms with Gasteiger partial charge in [-0.2, -0.15) is 0 Å². The minimum atomic E-state index is -1.65. The summed E-state index contributed by atoms with van der Waals surface area (Å²) in [5.41, 5.74) is 2.25. The molecule has 0 unspecified atom stereocenters. The molecule has 0 aliphatic heterocycles. The van der Waals surface area contributed by atoms with E-state index in [0.29, 0.717) is 5.75 Å². The van der Waals surface area contributed by atoms with E-state index >= 15 is 0 Å². The number of phenols is 1. The van der Waals surface area contributed by atoms with Crippen molar-refractivity contribution in [3.63, 3.8) is 0 Å². The molecule has 0 amide bonds. The maximum absolute atomic E-state index is 10.6. The van der Waals surface area contributed by atoms with Crippen LogP contribution < -0.4 is 5.19 Å². The number of aryl methyl sites for hydroxylation is 1. The lowest BCUT2D eigenvalue weighted by atomic mass is 10.0. The monoisotopic (exact) mass is 286 g/mol. The zero-order valence-corrected chi connectivity index (χ0v) is 14.8. The SMILES string of the molecule is Cc1ccc2cc([Si](C)(C)C(C)(C)C)c(C)c(O)c2c1. The molecular weight excluding hydrogens is 260 g/mol. The summed E-state index contributed by atoms with van der Waals surface area (Å²) in [4.78, 5) is 0. The van der Waals surface area contributed by atoms with Gasteiger partial charge in [-0.3, -0.25) is 0 Å². The molecule has 0 fully saturated rings. The normalized spacial score (nSPS) is 12.9. The van der Waals surface area contributed by atoms with Crippen LogP contribution in [0.4, 0.5) is 0 Å². The molecule has 108 valence electrons. The second-order valence-electron chi connectivity index (χ2n) is 7.50. The quantitative estimate of drug-likeness (QED) is 0.741. The van der Waals surface area contributed by atoms with Crippen LogP contribution >= 0.6 is 0 Å². The summed E-state index contributed by atoms with van der Waals surface area (Å²) in [6.07, 6.45) is 0.